The number of nitrogens with zero attached hydrogens (tertiary/aromatic N) is 3. The lowest BCUT2D eigenvalue weighted by Gasteiger charge is -2.20. The van der Waals surface area contributed by atoms with Gasteiger partial charge in [0.05, 0.1) is 12.2 Å². The highest BCUT2D eigenvalue weighted by Crippen LogP contribution is 2.38. The molecular formula is C23H12F5N3O2. The number of amides is 1. The molecule has 0 fully saturated rings. The molecule has 5 rings (SSSR count). The fourth-order valence-corrected chi connectivity index (χ4v) is 3.75. The molecular weight excluding hydrogens is 445 g/mol. The molecule has 33 heavy (non-hydrogen) atoms. The van der Waals surface area contributed by atoms with Gasteiger partial charge in [0.2, 0.25) is 5.89 Å². The van der Waals surface area contributed by atoms with E-state index in [1.54, 1.807) is 6.07 Å². The summed E-state index contributed by atoms with van der Waals surface area (Å²) in [5.74, 6) is -3.81. The minimum Gasteiger partial charge on any atom is -0.415 e. The third-order valence-electron chi connectivity index (χ3n) is 5.25. The standard InChI is InChI=1S/C23H12F5N3O2/c24-13-3-1-2-11(6-13)15-9-14(25)4-5-19(15)31-10-17-16(23(31)32)7-12(8-18(17)26)21-29-30-22(33-21)20(27)28/h1-9,20H,10H2. The number of aromatic nitrogens is 2. The van der Waals surface area contributed by atoms with E-state index < -0.39 is 35.7 Å². The average molecular weight is 457 g/mol. The van der Waals surface area contributed by atoms with Crippen molar-refractivity contribution in [1.29, 1.82) is 0 Å². The maximum atomic E-state index is 14.9. The Morgan fingerprint density at radius 2 is 1.67 bits per heavy atom. The van der Waals surface area contributed by atoms with Gasteiger partial charge >= 0.3 is 6.43 Å². The molecule has 1 aliphatic rings. The number of benzene rings is 3. The second-order valence-electron chi connectivity index (χ2n) is 7.29. The van der Waals surface area contributed by atoms with Crippen LogP contribution in [0.15, 0.2) is 59.0 Å². The number of carbonyl (C=O) groups is 1. The topological polar surface area (TPSA) is 59.2 Å². The Morgan fingerprint density at radius 1 is 0.879 bits per heavy atom. The molecule has 0 atom stereocenters. The molecule has 0 aliphatic carbocycles. The molecule has 10 heteroatoms. The van der Waals surface area contributed by atoms with Crippen LogP contribution in [0.2, 0.25) is 0 Å². The third-order valence-corrected chi connectivity index (χ3v) is 5.25. The molecule has 0 unspecified atom stereocenters. The number of hydrogen-bond acceptors (Lipinski definition) is 4. The maximum Gasteiger partial charge on any atom is 0.314 e. The highest BCUT2D eigenvalue weighted by atomic mass is 19.3. The zero-order valence-electron chi connectivity index (χ0n) is 16.5. The van der Waals surface area contributed by atoms with Crippen molar-refractivity contribution >= 4 is 11.6 Å². The number of carbonyl (C=O) groups excluding carboxylic acids is 1. The molecule has 0 spiro atoms. The molecule has 0 radical (unpaired) electrons. The fourth-order valence-electron chi connectivity index (χ4n) is 3.75. The van der Waals surface area contributed by atoms with E-state index in [0.29, 0.717) is 5.56 Å². The molecule has 0 bridgehead atoms. The quantitative estimate of drug-likeness (QED) is 0.357. The SMILES string of the molecule is O=C1c2cc(-c3nnc(C(F)F)o3)cc(F)c2CN1c1ccc(F)cc1-c1cccc(F)c1. The van der Waals surface area contributed by atoms with Crippen molar-refractivity contribution in [3.8, 4) is 22.6 Å². The smallest absolute Gasteiger partial charge is 0.314 e. The molecule has 3 aromatic carbocycles. The molecule has 1 aromatic heterocycles. The van der Waals surface area contributed by atoms with Crippen molar-refractivity contribution in [2.75, 3.05) is 4.90 Å². The van der Waals surface area contributed by atoms with E-state index in [1.165, 1.54) is 35.2 Å². The van der Waals surface area contributed by atoms with Gasteiger partial charge in [0.1, 0.15) is 17.5 Å². The minimum atomic E-state index is -3.00. The van der Waals surface area contributed by atoms with Crippen LogP contribution < -0.4 is 4.90 Å². The van der Waals surface area contributed by atoms with Gasteiger partial charge in [-0.05, 0) is 48.0 Å². The van der Waals surface area contributed by atoms with E-state index in [-0.39, 0.29) is 40.4 Å². The van der Waals surface area contributed by atoms with Gasteiger partial charge < -0.3 is 9.32 Å². The van der Waals surface area contributed by atoms with Crippen molar-refractivity contribution in [2.24, 2.45) is 0 Å². The molecule has 0 saturated carbocycles. The van der Waals surface area contributed by atoms with Crippen LogP contribution in [0.4, 0.5) is 27.6 Å². The first kappa shape index (κ1) is 20.8. The summed E-state index contributed by atoms with van der Waals surface area (Å²) >= 11 is 0. The number of halogens is 5. The number of rotatable bonds is 4. The van der Waals surface area contributed by atoms with E-state index in [9.17, 15) is 26.7 Å². The number of hydrogen-bond donors (Lipinski definition) is 0. The Morgan fingerprint density at radius 3 is 2.39 bits per heavy atom. The lowest BCUT2D eigenvalue weighted by Crippen LogP contribution is -2.23. The molecule has 0 saturated heterocycles. The zero-order valence-corrected chi connectivity index (χ0v) is 16.5. The van der Waals surface area contributed by atoms with Crippen LogP contribution in [0.1, 0.15) is 28.2 Å². The molecule has 0 N–H and O–H groups in total. The van der Waals surface area contributed by atoms with Crippen LogP contribution in [0, 0.1) is 17.5 Å². The van der Waals surface area contributed by atoms with E-state index >= 15 is 0 Å². The van der Waals surface area contributed by atoms with Crippen molar-refractivity contribution < 1.29 is 31.2 Å². The largest absolute Gasteiger partial charge is 0.415 e. The molecule has 5 nitrogen and oxygen atoms in total. The predicted octanol–water partition coefficient (Wildman–Crippen LogP) is 5.92. The van der Waals surface area contributed by atoms with Crippen LogP contribution in [-0.4, -0.2) is 16.1 Å². The Balaban J connectivity index is 1.57. The molecule has 1 aliphatic heterocycles. The molecule has 4 aromatic rings. The van der Waals surface area contributed by atoms with Gasteiger partial charge in [0, 0.05) is 22.3 Å². The maximum absolute atomic E-state index is 14.9. The van der Waals surface area contributed by atoms with Crippen LogP contribution in [0.25, 0.3) is 22.6 Å². The lowest BCUT2D eigenvalue weighted by atomic mass is 10.0. The zero-order chi connectivity index (χ0) is 23.3. The van der Waals surface area contributed by atoms with Crippen molar-refractivity contribution in [3.63, 3.8) is 0 Å². The van der Waals surface area contributed by atoms with Gasteiger partial charge in [-0.2, -0.15) is 8.78 Å². The Hall–Kier alpha value is -4.08. The first-order chi connectivity index (χ1) is 15.8. The Kier molecular flexibility index (Phi) is 4.92. The van der Waals surface area contributed by atoms with Crippen molar-refractivity contribution in [1.82, 2.24) is 10.2 Å². The third kappa shape index (κ3) is 3.63. The van der Waals surface area contributed by atoms with E-state index in [4.69, 9.17) is 4.42 Å². The lowest BCUT2D eigenvalue weighted by molar-refractivity contribution is 0.0996. The van der Waals surface area contributed by atoms with Gasteiger partial charge in [0.15, 0.2) is 0 Å². The first-order valence-electron chi connectivity index (χ1n) is 9.63. The van der Waals surface area contributed by atoms with Crippen molar-refractivity contribution in [2.45, 2.75) is 13.0 Å². The van der Waals surface area contributed by atoms with E-state index in [2.05, 4.69) is 10.2 Å². The number of alkyl halides is 2. The highest BCUT2D eigenvalue weighted by molar-refractivity contribution is 6.12. The number of anilines is 1. The van der Waals surface area contributed by atoms with Gasteiger partial charge in [-0.15, -0.1) is 10.2 Å². The van der Waals surface area contributed by atoms with Gasteiger partial charge in [-0.25, -0.2) is 13.2 Å². The summed E-state index contributed by atoms with van der Waals surface area (Å²) in [7, 11) is 0. The van der Waals surface area contributed by atoms with Gasteiger partial charge in [0.25, 0.3) is 11.8 Å². The summed E-state index contributed by atoms with van der Waals surface area (Å²) in [6.07, 6.45) is -3.00. The summed E-state index contributed by atoms with van der Waals surface area (Å²) in [5, 5.41) is 6.69. The van der Waals surface area contributed by atoms with Crippen LogP contribution in [0.3, 0.4) is 0 Å². The van der Waals surface area contributed by atoms with E-state index in [1.807, 2.05) is 0 Å². The van der Waals surface area contributed by atoms with Crippen LogP contribution in [0.5, 0.6) is 0 Å². The Bertz CT molecular complexity index is 1400. The minimum absolute atomic E-state index is 0.0312. The Labute approximate surface area is 183 Å². The molecule has 2 heterocycles. The predicted molar refractivity (Wildman–Crippen MR) is 107 cm³/mol. The van der Waals surface area contributed by atoms with Crippen LogP contribution in [-0.2, 0) is 6.54 Å². The monoisotopic (exact) mass is 457 g/mol. The van der Waals surface area contributed by atoms with Crippen molar-refractivity contribution in [3.05, 3.63) is 89.1 Å². The normalized spacial score (nSPS) is 13.2. The van der Waals surface area contributed by atoms with Gasteiger partial charge in [-0.1, -0.05) is 12.1 Å². The summed E-state index contributed by atoms with van der Waals surface area (Å²) in [6, 6.07) is 11.4. The van der Waals surface area contributed by atoms with Crippen LogP contribution >= 0.6 is 0 Å². The summed E-state index contributed by atoms with van der Waals surface area (Å²) < 4.78 is 73.0. The molecule has 1 amide bonds. The first-order valence-corrected chi connectivity index (χ1v) is 9.63. The summed E-state index contributed by atoms with van der Waals surface area (Å²) in [5.41, 5.74) is 0.824. The van der Waals surface area contributed by atoms with Gasteiger partial charge in [-0.3, -0.25) is 4.79 Å². The number of fused-ring (bicyclic) bond motifs is 1. The highest BCUT2D eigenvalue weighted by Gasteiger charge is 2.34. The van der Waals surface area contributed by atoms with E-state index in [0.717, 1.165) is 18.2 Å². The second kappa shape index (κ2) is 7.80. The second-order valence-corrected chi connectivity index (χ2v) is 7.29. The summed E-state index contributed by atoms with van der Waals surface area (Å²) in [4.78, 5) is 14.4. The molecule has 166 valence electrons. The average Bonchev–Trinajstić information content (AvgIpc) is 3.40. The fraction of sp³-hybridized carbons (Fsp3) is 0.0870. The summed E-state index contributed by atoms with van der Waals surface area (Å²) in [6.45, 7) is -0.166.